The zero-order chi connectivity index (χ0) is 15.4. The molecule has 0 atom stereocenters. The van der Waals surface area contributed by atoms with Gasteiger partial charge in [0.1, 0.15) is 17.3 Å². The molecular formula is C16H16FNO3. The Kier molecular flexibility index (Phi) is 4.42. The van der Waals surface area contributed by atoms with Gasteiger partial charge in [-0.15, -0.1) is 0 Å². The molecule has 0 fully saturated rings. The zero-order valence-electron chi connectivity index (χ0n) is 11.6. The highest BCUT2D eigenvalue weighted by atomic mass is 19.1. The standard InChI is InChI=1S/C16H16FNO3/c1-10-6-13(17)3-2-11(10)4-5-18-16(21)12-7-14(19)9-15(20)8-12/h2-3,6-9,19-20H,4-5H2,1H3,(H,18,21). The summed E-state index contributed by atoms with van der Waals surface area (Å²) in [7, 11) is 0. The Morgan fingerprint density at radius 3 is 2.43 bits per heavy atom. The third-order valence-corrected chi connectivity index (χ3v) is 3.15. The van der Waals surface area contributed by atoms with Crippen LogP contribution in [0.2, 0.25) is 0 Å². The number of hydrogen-bond acceptors (Lipinski definition) is 3. The number of phenolic OH excluding ortho intramolecular Hbond substituents is 2. The fourth-order valence-electron chi connectivity index (χ4n) is 2.08. The third-order valence-electron chi connectivity index (χ3n) is 3.15. The Labute approximate surface area is 121 Å². The van der Waals surface area contributed by atoms with Crippen molar-refractivity contribution in [1.29, 1.82) is 0 Å². The first-order valence-electron chi connectivity index (χ1n) is 6.52. The lowest BCUT2D eigenvalue weighted by atomic mass is 10.1. The second-order valence-electron chi connectivity index (χ2n) is 4.81. The van der Waals surface area contributed by atoms with Gasteiger partial charge in [-0.05, 0) is 48.7 Å². The molecule has 110 valence electrons. The number of nitrogens with one attached hydrogen (secondary N) is 1. The van der Waals surface area contributed by atoms with Crippen LogP contribution in [0.25, 0.3) is 0 Å². The number of halogens is 1. The van der Waals surface area contributed by atoms with Crippen molar-refractivity contribution in [2.45, 2.75) is 13.3 Å². The van der Waals surface area contributed by atoms with Crippen molar-refractivity contribution in [3.8, 4) is 11.5 Å². The second kappa shape index (κ2) is 6.26. The Balaban J connectivity index is 1.95. The fraction of sp³-hybridized carbons (Fsp3) is 0.188. The summed E-state index contributed by atoms with van der Waals surface area (Å²) in [6, 6.07) is 8.23. The normalized spacial score (nSPS) is 10.4. The molecular weight excluding hydrogens is 273 g/mol. The van der Waals surface area contributed by atoms with Crippen LogP contribution >= 0.6 is 0 Å². The fourth-order valence-corrected chi connectivity index (χ4v) is 2.08. The van der Waals surface area contributed by atoms with Gasteiger partial charge in [0, 0.05) is 18.2 Å². The van der Waals surface area contributed by atoms with Crippen molar-refractivity contribution in [1.82, 2.24) is 5.32 Å². The summed E-state index contributed by atoms with van der Waals surface area (Å²) >= 11 is 0. The van der Waals surface area contributed by atoms with E-state index in [4.69, 9.17) is 0 Å². The van der Waals surface area contributed by atoms with Gasteiger partial charge in [0.15, 0.2) is 0 Å². The number of hydrogen-bond donors (Lipinski definition) is 3. The Hall–Kier alpha value is -2.56. The number of phenols is 2. The number of aryl methyl sites for hydroxylation is 1. The quantitative estimate of drug-likeness (QED) is 0.810. The molecule has 0 unspecified atom stereocenters. The summed E-state index contributed by atoms with van der Waals surface area (Å²) in [5.74, 6) is -1.01. The van der Waals surface area contributed by atoms with E-state index in [1.54, 1.807) is 6.07 Å². The molecule has 2 rings (SSSR count). The van der Waals surface area contributed by atoms with Crippen LogP contribution in [-0.2, 0) is 6.42 Å². The topological polar surface area (TPSA) is 69.6 Å². The van der Waals surface area contributed by atoms with Gasteiger partial charge >= 0.3 is 0 Å². The highest BCUT2D eigenvalue weighted by Crippen LogP contribution is 2.20. The van der Waals surface area contributed by atoms with E-state index in [1.807, 2.05) is 6.92 Å². The van der Waals surface area contributed by atoms with Gasteiger partial charge in [0.2, 0.25) is 0 Å². The summed E-state index contributed by atoms with van der Waals surface area (Å²) < 4.78 is 13.0. The monoisotopic (exact) mass is 289 g/mol. The van der Waals surface area contributed by atoms with Crippen LogP contribution in [0.15, 0.2) is 36.4 Å². The molecule has 0 heterocycles. The summed E-state index contributed by atoms with van der Waals surface area (Å²) in [6.45, 7) is 2.19. The van der Waals surface area contributed by atoms with Crippen LogP contribution in [-0.4, -0.2) is 22.7 Å². The number of aromatic hydroxyl groups is 2. The smallest absolute Gasteiger partial charge is 0.251 e. The molecule has 0 aliphatic rings. The van der Waals surface area contributed by atoms with E-state index in [1.165, 1.54) is 24.3 Å². The van der Waals surface area contributed by atoms with Crippen molar-refractivity contribution < 1.29 is 19.4 Å². The predicted octanol–water partition coefficient (Wildman–Crippen LogP) is 2.52. The van der Waals surface area contributed by atoms with Crippen molar-refractivity contribution >= 4 is 5.91 Å². The Bertz CT molecular complexity index is 650. The molecule has 5 heteroatoms. The predicted molar refractivity (Wildman–Crippen MR) is 76.9 cm³/mol. The van der Waals surface area contributed by atoms with Gasteiger partial charge in [0.05, 0.1) is 0 Å². The Morgan fingerprint density at radius 2 is 1.81 bits per heavy atom. The van der Waals surface area contributed by atoms with E-state index in [2.05, 4.69) is 5.32 Å². The molecule has 0 aliphatic carbocycles. The molecule has 0 bridgehead atoms. The number of benzene rings is 2. The molecule has 0 aliphatic heterocycles. The van der Waals surface area contributed by atoms with Gasteiger partial charge in [-0.25, -0.2) is 4.39 Å². The first-order chi connectivity index (χ1) is 9.95. The molecule has 1 amide bonds. The van der Waals surface area contributed by atoms with E-state index in [0.29, 0.717) is 13.0 Å². The van der Waals surface area contributed by atoms with Crippen LogP contribution < -0.4 is 5.32 Å². The summed E-state index contributed by atoms with van der Waals surface area (Å²) in [5, 5.41) is 21.4. The van der Waals surface area contributed by atoms with Gasteiger partial charge in [-0.1, -0.05) is 6.07 Å². The summed E-state index contributed by atoms with van der Waals surface area (Å²) in [6.07, 6.45) is 0.572. The van der Waals surface area contributed by atoms with Crippen LogP contribution in [0.1, 0.15) is 21.5 Å². The van der Waals surface area contributed by atoms with E-state index >= 15 is 0 Å². The average Bonchev–Trinajstić information content (AvgIpc) is 2.40. The van der Waals surface area contributed by atoms with Crippen molar-refractivity contribution in [3.05, 3.63) is 58.9 Å². The number of carbonyl (C=O) groups excluding carboxylic acids is 1. The van der Waals surface area contributed by atoms with Gasteiger partial charge in [0.25, 0.3) is 5.91 Å². The van der Waals surface area contributed by atoms with E-state index < -0.39 is 0 Å². The van der Waals surface area contributed by atoms with Crippen molar-refractivity contribution in [2.75, 3.05) is 6.54 Å². The molecule has 21 heavy (non-hydrogen) atoms. The minimum Gasteiger partial charge on any atom is -0.508 e. The van der Waals surface area contributed by atoms with Crippen LogP contribution in [0, 0.1) is 12.7 Å². The molecule has 2 aromatic carbocycles. The number of carbonyl (C=O) groups is 1. The molecule has 2 aromatic rings. The lowest BCUT2D eigenvalue weighted by Crippen LogP contribution is -2.25. The van der Waals surface area contributed by atoms with Crippen LogP contribution in [0.4, 0.5) is 4.39 Å². The van der Waals surface area contributed by atoms with Crippen LogP contribution in [0.5, 0.6) is 11.5 Å². The lowest BCUT2D eigenvalue weighted by Gasteiger charge is -2.08. The minimum absolute atomic E-state index is 0.172. The van der Waals surface area contributed by atoms with Gasteiger partial charge in [-0.3, -0.25) is 4.79 Å². The van der Waals surface area contributed by atoms with E-state index in [-0.39, 0.29) is 28.8 Å². The van der Waals surface area contributed by atoms with Crippen molar-refractivity contribution in [3.63, 3.8) is 0 Å². The minimum atomic E-state index is -0.388. The highest BCUT2D eigenvalue weighted by Gasteiger charge is 2.08. The molecule has 0 saturated heterocycles. The first-order valence-corrected chi connectivity index (χ1v) is 6.52. The second-order valence-corrected chi connectivity index (χ2v) is 4.81. The number of amides is 1. The molecule has 3 N–H and O–H groups in total. The maximum atomic E-state index is 13.0. The van der Waals surface area contributed by atoms with Gasteiger partial charge in [-0.2, -0.15) is 0 Å². The Morgan fingerprint density at radius 1 is 1.14 bits per heavy atom. The van der Waals surface area contributed by atoms with Gasteiger partial charge < -0.3 is 15.5 Å². The molecule has 0 spiro atoms. The summed E-state index contributed by atoms with van der Waals surface area (Å²) in [4.78, 5) is 11.9. The van der Waals surface area contributed by atoms with Crippen molar-refractivity contribution in [2.24, 2.45) is 0 Å². The summed E-state index contributed by atoms with van der Waals surface area (Å²) in [5.41, 5.74) is 1.97. The SMILES string of the molecule is Cc1cc(F)ccc1CCNC(=O)c1cc(O)cc(O)c1. The average molecular weight is 289 g/mol. The molecule has 4 nitrogen and oxygen atoms in total. The maximum Gasteiger partial charge on any atom is 0.251 e. The molecule has 0 saturated carbocycles. The zero-order valence-corrected chi connectivity index (χ0v) is 11.6. The number of rotatable bonds is 4. The van der Waals surface area contributed by atoms with E-state index in [0.717, 1.165) is 17.2 Å². The first kappa shape index (κ1) is 14.8. The van der Waals surface area contributed by atoms with Crippen LogP contribution in [0.3, 0.4) is 0 Å². The largest absolute Gasteiger partial charge is 0.508 e. The lowest BCUT2D eigenvalue weighted by molar-refractivity contribution is 0.0953. The molecule has 0 radical (unpaired) electrons. The maximum absolute atomic E-state index is 13.0. The van der Waals surface area contributed by atoms with E-state index in [9.17, 15) is 19.4 Å². The highest BCUT2D eigenvalue weighted by molar-refractivity contribution is 5.95. The molecule has 0 aromatic heterocycles. The third kappa shape index (κ3) is 3.95.